The molecule has 186 valence electrons. The van der Waals surface area contributed by atoms with Gasteiger partial charge in [-0.25, -0.2) is 8.42 Å². The third-order valence-corrected chi connectivity index (χ3v) is 9.46. The fourth-order valence-electron chi connectivity index (χ4n) is 5.49. The van der Waals surface area contributed by atoms with Gasteiger partial charge in [-0.2, -0.15) is 4.31 Å². The molecule has 0 atom stereocenters. The van der Waals surface area contributed by atoms with Crippen molar-refractivity contribution in [2.75, 3.05) is 37.7 Å². The molecule has 0 unspecified atom stereocenters. The number of likely N-dealkylation sites (tertiary alicyclic amines) is 1. The molecule has 0 aliphatic carbocycles. The van der Waals surface area contributed by atoms with Crippen LogP contribution in [0.25, 0.3) is 0 Å². The highest BCUT2D eigenvalue weighted by Crippen LogP contribution is 2.33. The van der Waals surface area contributed by atoms with E-state index >= 15 is 0 Å². The molecule has 0 bridgehead atoms. The Labute approximate surface area is 207 Å². The average Bonchev–Trinajstić information content (AvgIpc) is 3.07. The summed E-state index contributed by atoms with van der Waals surface area (Å²) in [5.41, 5.74) is 2.07. The van der Waals surface area contributed by atoms with Gasteiger partial charge in [0.15, 0.2) is 0 Å². The van der Waals surface area contributed by atoms with Crippen LogP contribution in [0.15, 0.2) is 53.4 Å². The number of carbonyl (C=O) groups excluding carboxylic acids is 2. The van der Waals surface area contributed by atoms with E-state index in [1.54, 1.807) is 12.1 Å². The predicted molar refractivity (Wildman–Crippen MR) is 135 cm³/mol. The third kappa shape index (κ3) is 5.06. The van der Waals surface area contributed by atoms with E-state index in [4.69, 9.17) is 0 Å². The van der Waals surface area contributed by atoms with Crippen LogP contribution < -0.4 is 4.90 Å². The van der Waals surface area contributed by atoms with Crippen molar-refractivity contribution in [1.29, 1.82) is 0 Å². The van der Waals surface area contributed by atoms with E-state index in [1.165, 1.54) is 20.8 Å². The molecule has 0 spiro atoms. The number of rotatable bonds is 6. The fraction of sp³-hybridized carbons (Fsp3) is 0.481. The normalized spacial score (nSPS) is 20.7. The van der Waals surface area contributed by atoms with Crippen molar-refractivity contribution in [1.82, 2.24) is 9.21 Å². The Kier molecular flexibility index (Phi) is 7.05. The first-order chi connectivity index (χ1) is 16.9. The number of fused-ring (bicyclic) bond motifs is 1. The maximum Gasteiger partial charge on any atom is 0.300 e. The molecule has 7 nitrogen and oxygen atoms in total. The monoisotopic (exact) mass is 495 g/mol. The van der Waals surface area contributed by atoms with Gasteiger partial charge in [0.1, 0.15) is 0 Å². The molecule has 0 saturated carbocycles. The van der Waals surface area contributed by atoms with Crippen LogP contribution in [0.1, 0.15) is 54.4 Å². The Hall–Kier alpha value is -2.55. The number of carbonyl (C=O) groups is 2. The number of benzene rings is 2. The van der Waals surface area contributed by atoms with Gasteiger partial charge in [-0.3, -0.25) is 19.4 Å². The van der Waals surface area contributed by atoms with Gasteiger partial charge in [-0.05, 0) is 61.8 Å². The standard InChI is InChI=1S/C27H33N3O4S/c31-26-24-19-23(35(33,34)29-14-6-1-2-7-15-29)10-11-25(24)30(27(26)32)20-28-16-12-22(13-17-28)18-21-8-4-3-5-9-21/h3-5,8-11,19,22H,1-2,6-7,12-18,20H2. The molecule has 1 amide bonds. The van der Waals surface area contributed by atoms with Crippen LogP contribution in [-0.4, -0.2) is 62.2 Å². The summed E-state index contributed by atoms with van der Waals surface area (Å²) in [5, 5.41) is 0. The minimum Gasteiger partial charge on any atom is -0.291 e. The number of hydrogen-bond acceptors (Lipinski definition) is 5. The van der Waals surface area contributed by atoms with Gasteiger partial charge in [-0.15, -0.1) is 0 Å². The third-order valence-electron chi connectivity index (χ3n) is 7.56. The zero-order valence-corrected chi connectivity index (χ0v) is 20.9. The van der Waals surface area contributed by atoms with Crippen LogP contribution in [0.4, 0.5) is 5.69 Å². The van der Waals surface area contributed by atoms with Crippen molar-refractivity contribution in [3.05, 3.63) is 59.7 Å². The lowest BCUT2D eigenvalue weighted by atomic mass is 9.90. The minimum absolute atomic E-state index is 0.0999. The number of ketones is 1. The van der Waals surface area contributed by atoms with E-state index in [0.717, 1.165) is 58.0 Å². The van der Waals surface area contributed by atoms with Crippen molar-refractivity contribution < 1.29 is 18.0 Å². The lowest BCUT2D eigenvalue weighted by Gasteiger charge is -2.34. The lowest BCUT2D eigenvalue weighted by molar-refractivity contribution is -0.114. The predicted octanol–water partition coefficient (Wildman–Crippen LogP) is 3.69. The topological polar surface area (TPSA) is 78.0 Å². The summed E-state index contributed by atoms with van der Waals surface area (Å²) < 4.78 is 27.9. The van der Waals surface area contributed by atoms with Crippen molar-refractivity contribution in [2.24, 2.45) is 5.92 Å². The van der Waals surface area contributed by atoms with Gasteiger partial charge < -0.3 is 0 Å². The molecule has 2 aromatic carbocycles. The first-order valence-corrected chi connectivity index (χ1v) is 14.1. The first kappa shape index (κ1) is 24.2. The summed E-state index contributed by atoms with van der Waals surface area (Å²) in [6, 6.07) is 15.1. The van der Waals surface area contributed by atoms with Crippen LogP contribution in [0, 0.1) is 5.92 Å². The molecule has 3 aliphatic heterocycles. The van der Waals surface area contributed by atoms with Crippen molar-refractivity contribution >= 4 is 27.4 Å². The Bertz CT molecular complexity index is 1180. The molecule has 0 aromatic heterocycles. The Morgan fingerprint density at radius 2 is 1.51 bits per heavy atom. The second-order valence-corrected chi connectivity index (χ2v) is 11.9. The fourth-order valence-corrected chi connectivity index (χ4v) is 7.03. The maximum atomic E-state index is 13.2. The Balaban J connectivity index is 1.26. The van der Waals surface area contributed by atoms with Gasteiger partial charge in [0, 0.05) is 26.2 Å². The summed E-state index contributed by atoms with van der Waals surface area (Å²) in [7, 11) is -3.68. The van der Waals surface area contributed by atoms with Crippen molar-refractivity contribution in [2.45, 2.75) is 49.8 Å². The highest BCUT2D eigenvalue weighted by molar-refractivity contribution is 7.89. The van der Waals surface area contributed by atoms with E-state index in [0.29, 0.717) is 31.4 Å². The molecular formula is C27H33N3O4S. The van der Waals surface area contributed by atoms with E-state index in [-0.39, 0.29) is 10.5 Å². The number of piperidine rings is 1. The smallest absolute Gasteiger partial charge is 0.291 e. The average molecular weight is 496 g/mol. The number of hydrogen-bond donors (Lipinski definition) is 0. The summed E-state index contributed by atoms with van der Waals surface area (Å²) in [6.45, 7) is 3.09. The summed E-state index contributed by atoms with van der Waals surface area (Å²) in [6.07, 6.45) is 6.90. The first-order valence-electron chi connectivity index (χ1n) is 12.7. The van der Waals surface area contributed by atoms with Crippen LogP contribution in [0.3, 0.4) is 0 Å². The molecule has 0 radical (unpaired) electrons. The lowest BCUT2D eigenvalue weighted by Crippen LogP contribution is -2.44. The molecular weight excluding hydrogens is 462 g/mol. The number of anilines is 1. The van der Waals surface area contributed by atoms with E-state index in [2.05, 4.69) is 29.2 Å². The number of sulfonamides is 1. The van der Waals surface area contributed by atoms with Crippen molar-refractivity contribution in [3.8, 4) is 0 Å². The quantitative estimate of drug-likeness (QED) is 0.571. The van der Waals surface area contributed by atoms with Crippen LogP contribution in [0.5, 0.6) is 0 Å². The van der Waals surface area contributed by atoms with E-state index in [1.807, 2.05) is 6.07 Å². The summed E-state index contributed by atoms with van der Waals surface area (Å²) in [5.74, 6) is -0.578. The van der Waals surface area contributed by atoms with Crippen molar-refractivity contribution in [3.63, 3.8) is 0 Å². The molecule has 2 aromatic rings. The molecule has 35 heavy (non-hydrogen) atoms. The van der Waals surface area contributed by atoms with Gasteiger partial charge in [0.2, 0.25) is 10.0 Å². The second-order valence-electron chi connectivity index (χ2n) is 9.95. The van der Waals surface area contributed by atoms with Gasteiger partial charge in [0.25, 0.3) is 5.78 Å². The molecule has 2 fully saturated rings. The Morgan fingerprint density at radius 3 is 2.20 bits per heavy atom. The highest BCUT2D eigenvalue weighted by atomic mass is 32.2. The number of Topliss-reactive ketones (excluding diaryl/α,β-unsaturated/α-hetero) is 1. The van der Waals surface area contributed by atoms with Crippen LogP contribution >= 0.6 is 0 Å². The SMILES string of the molecule is O=C1C(=O)N(CN2CCC(Cc3ccccc3)CC2)c2ccc(S(=O)(=O)N3CCCCCC3)cc21. The van der Waals surface area contributed by atoms with E-state index in [9.17, 15) is 18.0 Å². The maximum absolute atomic E-state index is 13.2. The second kappa shape index (κ2) is 10.2. The van der Waals surface area contributed by atoms with Gasteiger partial charge >= 0.3 is 5.91 Å². The molecule has 3 aliphatic rings. The molecule has 0 N–H and O–H groups in total. The van der Waals surface area contributed by atoms with E-state index < -0.39 is 21.7 Å². The molecule has 3 heterocycles. The summed E-state index contributed by atoms with van der Waals surface area (Å²) >= 11 is 0. The zero-order valence-electron chi connectivity index (χ0n) is 20.1. The van der Waals surface area contributed by atoms with Gasteiger partial charge in [0.05, 0.1) is 22.8 Å². The molecule has 8 heteroatoms. The summed E-state index contributed by atoms with van der Waals surface area (Å²) in [4.78, 5) is 29.5. The van der Waals surface area contributed by atoms with Crippen LogP contribution in [0.2, 0.25) is 0 Å². The largest absolute Gasteiger partial charge is 0.300 e. The zero-order chi connectivity index (χ0) is 24.4. The molecule has 2 saturated heterocycles. The van der Waals surface area contributed by atoms with Crippen LogP contribution in [-0.2, 0) is 21.2 Å². The molecule has 5 rings (SSSR count). The number of nitrogens with zero attached hydrogens (tertiary/aromatic N) is 3. The highest BCUT2D eigenvalue weighted by Gasteiger charge is 2.38. The van der Waals surface area contributed by atoms with Gasteiger partial charge in [-0.1, -0.05) is 43.2 Å². The minimum atomic E-state index is -3.68. The number of amides is 1. The Morgan fingerprint density at radius 1 is 0.829 bits per heavy atom.